The van der Waals surface area contributed by atoms with Crippen LogP contribution in [0.4, 0.5) is 0 Å². The van der Waals surface area contributed by atoms with E-state index in [1.807, 2.05) is 0 Å². The number of carbonyl (C=O) groups is 1. The van der Waals surface area contributed by atoms with Crippen LogP contribution >= 0.6 is 0 Å². The zero-order valence-electron chi connectivity index (χ0n) is 11.2. The molecule has 104 valence electrons. The standard InChI is InChI=1S/C13H23NO4/c1-3-10-4-5-11(18-10)13(16)14-6-7-17-12(8-14)9(2)15/h9-12,15H,3-8H2,1-2H3. The average Bonchev–Trinajstić information content (AvgIpc) is 2.86. The molecule has 2 aliphatic heterocycles. The highest BCUT2D eigenvalue weighted by atomic mass is 16.5. The Hall–Kier alpha value is -0.650. The van der Waals surface area contributed by atoms with Crippen LogP contribution in [0.2, 0.25) is 0 Å². The highest BCUT2D eigenvalue weighted by Gasteiger charge is 2.35. The van der Waals surface area contributed by atoms with E-state index in [1.54, 1.807) is 11.8 Å². The van der Waals surface area contributed by atoms with Crippen molar-refractivity contribution in [2.24, 2.45) is 0 Å². The van der Waals surface area contributed by atoms with Gasteiger partial charge >= 0.3 is 0 Å². The molecule has 5 nitrogen and oxygen atoms in total. The Morgan fingerprint density at radius 1 is 1.50 bits per heavy atom. The third-order valence-electron chi connectivity index (χ3n) is 3.78. The number of ether oxygens (including phenoxy) is 2. The van der Waals surface area contributed by atoms with Gasteiger partial charge in [-0.05, 0) is 26.2 Å². The number of aliphatic hydroxyl groups excluding tert-OH is 1. The quantitative estimate of drug-likeness (QED) is 0.802. The van der Waals surface area contributed by atoms with E-state index in [2.05, 4.69) is 6.92 Å². The van der Waals surface area contributed by atoms with Gasteiger partial charge in [-0.1, -0.05) is 6.92 Å². The summed E-state index contributed by atoms with van der Waals surface area (Å²) in [5.74, 6) is 0.0555. The lowest BCUT2D eigenvalue weighted by Crippen LogP contribution is -2.52. The minimum absolute atomic E-state index is 0.0555. The van der Waals surface area contributed by atoms with Crippen molar-refractivity contribution in [2.75, 3.05) is 19.7 Å². The molecule has 2 rings (SSSR count). The first-order valence-corrected chi connectivity index (χ1v) is 6.85. The summed E-state index contributed by atoms with van der Waals surface area (Å²) in [4.78, 5) is 14.1. The maximum Gasteiger partial charge on any atom is 0.251 e. The molecule has 4 atom stereocenters. The molecular formula is C13H23NO4. The number of morpholine rings is 1. The van der Waals surface area contributed by atoms with Crippen LogP contribution in [-0.2, 0) is 14.3 Å². The van der Waals surface area contributed by atoms with Crippen LogP contribution < -0.4 is 0 Å². The normalized spacial score (nSPS) is 34.6. The Morgan fingerprint density at radius 2 is 2.28 bits per heavy atom. The Kier molecular flexibility index (Phi) is 4.59. The number of carbonyl (C=O) groups excluding carboxylic acids is 1. The molecular weight excluding hydrogens is 234 g/mol. The van der Waals surface area contributed by atoms with Crippen molar-refractivity contribution in [3.05, 3.63) is 0 Å². The van der Waals surface area contributed by atoms with Crippen molar-refractivity contribution in [1.29, 1.82) is 0 Å². The van der Waals surface area contributed by atoms with E-state index in [0.29, 0.717) is 19.7 Å². The maximum atomic E-state index is 12.3. The second-order valence-electron chi connectivity index (χ2n) is 5.17. The average molecular weight is 257 g/mol. The van der Waals surface area contributed by atoms with Gasteiger partial charge in [0.25, 0.3) is 5.91 Å². The molecule has 0 aliphatic carbocycles. The van der Waals surface area contributed by atoms with Gasteiger partial charge in [-0.15, -0.1) is 0 Å². The molecule has 2 heterocycles. The van der Waals surface area contributed by atoms with Crippen molar-refractivity contribution in [1.82, 2.24) is 4.90 Å². The summed E-state index contributed by atoms with van der Waals surface area (Å²) < 4.78 is 11.2. The van der Waals surface area contributed by atoms with Crippen LogP contribution in [-0.4, -0.2) is 60.0 Å². The zero-order valence-corrected chi connectivity index (χ0v) is 11.2. The molecule has 18 heavy (non-hydrogen) atoms. The molecule has 5 heteroatoms. The molecule has 0 aromatic heterocycles. The van der Waals surface area contributed by atoms with Gasteiger partial charge in [0.2, 0.25) is 0 Å². The van der Waals surface area contributed by atoms with Crippen molar-refractivity contribution in [3.63, 3.8) is 0 Å². The topological polar surface area (TPSA) is 59.0 Å². The van der Waals surface area contributed by atoms with E-state index >= 15 is 0 Å². The Labute approximate surface area is 108 Å². The predicted octanol–water partition coefficient (Wildman–Crippen LogP) is 0.552. The maximum absolute atomic E-state index is 12.3. The number of rotatable bonds is 3. The van der Waals surface area contributed by atoms with Crippen LogP contribution in [0, 0.1) is 0 Å². The fourth-order valence-electron chi connectivity index (χ4n) is 2.56. The van der Waals surface area contributed by atoms with Gasteiger partial charge in [-0.25, -0.2) is 0 Å². The highest BCUT2D eigenvalue weighted by molar-refractivity contribution is 5.81. The van der Waals surface area contributed by atoms with Crippen molar-refractivity contribution >= 4 is 5.91 Å². The second-order valence-corrected chi connectivity index (χ2v) is 5.17. The largest absolute Gasteiger partial charge is 0.391 e. The van der Waals surface area contributed by atoms with Gasteiger partial charge in [0.1, 0.15) is 12.2 Å². The minimum atomic E-state index is -0.548. The van der Waals surface area contributed by atoms with Crippen molar-refractivity contribution in [3.8, 4) is 0 Å². The van der Waals surface area contributed by atoms with Gasteiger partial charge in [-0.3, -0.25) is 4.79 Å². The van der Waals surface area contributed by atoms with E-state index in [1.165, 1.54) is 0 Å². The monoisotopic (exact) mass is 257 g/mol. The van der Waals surface area contributed by atoms with Gasteiger partial charge in [0.15, 0.2) is 0 Å². The number of amides is 1. The van der Waals surface area contributed by atoms with Gasteiger partial charge in [-0.2, -0.15) is 0 Å². The summed E-state index contributed by atoms with van der Waals surface area (Å²) in [6, 6.07) is 0. The molecule has 4 unspecified atom stereocenters. The van der Waals surface area contributed by atoms with E-state index in [0.717, 1.165) is 19.3 Å². The second kappa shape index (κ2) is 5.99. The SMILES string of the molecule is CCC1CCC(C(=O)N2CCOC(C(C)O)C2)O1. The summed E-state index contributed by atoms with van der Waals surface area (Å²) >= 11 is 0. The lowest BCUT2D eigenvalue weighted by Gasteiger charge is -2.35. The molecule has 2 saturated heterocycles. The Balaban J connectivity index is 1.89. The number of aliphatic hydroxyl groups is 1. The highest BCUT2D eigenvalue weighted by Crippen LogP contribution is 2.24. The van der Waals surface area contributed by atoms with E-state index in [4.69, 9.17) is 9.47 Å². The fraction of sp³-hybridized carbons (Fsp3) is 0.923. The zero-order chi connectivity index (χ0) is 13.1. The lowest BCUT2D eigenvalue weighted by molar-refractivity contribution is -0.154. The van der Waals surface area contributed by atoms with Crippen molar-refractivity contribution in [2.45, 2.75) is 57.5 Å². The third-order valence-corrected chi connectivity index (χ3v) is 3.78. The lowest BCUT2D eigenvalue weighted by atomic mass is 10.1. The number of hydrogen-bond acceptors (Lipinski definition) is 4. The number of hydrogen-bond donors (Lipinski definition) is 1. The molecule has 0 bridgehead atoms. The molecule has 0 spiro atoms. The van der Waals surface area contributed by atoms with E-state index in [-0.39, 0.29) is 24.2 Å². The summed E-state index contributed by atoms with van der Waals surface area (Å²) in [6.07, 6.45) is 1.86. The molecule has 2 fully saturated rings. The third kappa shape index (κ3) is 3.02. The fourth-order valence-corrected chi connectivity index (χ4v) is 2.56. The van der Waals surface area contributed by atoms with Crippen LogP contribution in [0.25, 0.3) is 0 Å². The Morgan fingerprint density at radius 3 is 2.89 bits per heavy atom. The summed E-state index contributed by atoms with van der Waals surface area (Å²) in [5, 5.41) is 9.53. The van der Waals surface area contributed by atoms with Gasteiger partial charge < -0.3 is 19.5 Å². The van der Waals surface area contributed by atoms with E-state index < -0.39 is 6.10 Å². The molecule has 1 amide bonds. The van der Waals surface area contributed by atoms with Crippen LogP contribution in [0.3, 0.4) is 0 Å². The smallest absolute Gasteiger partial charge is 0.251 e. The molecule has 2 aliphatic rings. The first kappa shape index (κ1) is 13.8. The van der Waals surface area contributed by atoms with Crippen LogP contribution in [0.15, 0.2) is 0 Å². The molecule has 0 aromatic carbocycles. The summed E-state index contributed by atoms with van der Waals surface area (Å²) in [6.45, 7) is 5.32. The molecule has 0 saturated carbocycles. The molecule has 0 aromatic rings. The van der Waals surface area contributed by atoms with Gasteiger partial charge in [0, 0.05) is 13.1 Å². The number of nitrogens with zero attached hydrogens (tertiary/aromatic N) is 1. The first-order valence-electron chi connectivity index (χ1n) is 6.85. The van der Waals surface area contributed by atoms with Gasteiger partial charge in [0.05, 0.1) is 18.8 Å². The van der Waals surface area contributed by atoms with E-state index in [9.17, 15) is 9.90 Å². The van der Waals surface area contributed by atoms with Crippen molar-refractivity contribution < 1.29 is 19.4 Å². The predicted molar refractivity (Wildman–Crippen MR) is 66.2 cm³/mol. The van der Waals surface area contributed by atoms with Crippen LogP contribution in [0.1, 0.15) is 33.1 Å². The summed E-state index contributed by atoms with van der Waals surface area (Å²) in [7, 11) is 0. The molecule has 1 N–H and O–H groups in total. The first-order chi connectivity index (χ1) is 8.61. The summed E-state index contributed by atoms with van der Waals surface area (Å²) in [5.41, 5.74) is 0. The minimum Gasteiger partial charge on any atom is -0.391 e. The van der Waals surface area contributed by atoms with Crippen LogP contribution in [0.5, 0.6) is 0 Å². The molecule has 0 radical (unpaired) electrons. The Bertz CT molecular complexity index is 295.